The third-order valence-electron chi connectivity index (χ3n) is 4.44. The Hall–Kier alpha value is -3.39. The van der Waals surface area contributed by atoms with Gasteiger partial charge in [0.1, 0.15) is 12.2 Å². The normalized spacial score (nSPS) is 16.2. The maximum atomic E-state index is 6.05. The maximum absolute atomic E-state index is 6.05. The molecule has 27 heavy (non-hydrogen) atoms. The van der Waals surface area contributed by atoms with Gasteiger partial charge in [-0.3, -0.25) is 0 Å². The van der Waals surface area contributed by atoms with Crippen LogP contribution < -0.4 is 9.47 Å². The van der Waals surface area contributed by atoms with Crippen LogP contribution in [-0.2, 0) is 0 Å². The van der Waals surface area contributed by atoms with Crippen molar-refractivity contribution in [2.75, 3.05) is 6.61 Å². The van der Waals surface area contributed by atoms with Crippen molar-refractivity contribution < 1.29 is 13.9 Å². The number of hydrogen-bond donors (Lipinski definition) is 0. The molecule has 132 valence electrons. The average Bonchev–Trinajstić information content (AvgIpc) is 3.40. The molecule has 0 amide bonds. The van der Waals surface area contributed by atoms with Crippen molar-refractivity contribution >= 4 is 27.3 Å². The molecule has 0 spiro atoms. The molecule has 0 bridgehead atoms. The van der Waals surface area contributed by atoms with E-state index < -0.39 is 0 Å². The molecule has 7 nitrogen and oxygen atoms in total. The quantitative estimate of drug-likeness (QED) is 0.462. The highest BCUT2D eigenvalue weighted by Crippen LogP contribution is 2.37. The number of nitrogens with zero attached hydrogens (tertiary/aromatic N) is 4. The zero-order valence-electron chi connectivity index (χ0n) is 13.9. The first-order chi connectivity index (χ1) is 13.3. The molecule has 6 rings (SSSR count). The summed E-state index contributed by atoms with van der Waals surface area (Å²) in [6.07, 6.45) is -0.282. The van der Waals surface area contributed by atoms with Crippen LogP contribution in [0, 0.1) is 0 Å². The molecule has 1 atom stereocenters. The fourth-order valence-electron chi connectivity index (χ4n) is 3.15. The van der Waals surface area contributed by atoms with Crippen LogP contribution in [0.1, 0.15) is 11.1 Å². The standard InChI is InChI=1S/C19H12N4O3S/c1-2-6-12-11(5-1)9-15(25-12)17-20-21-19-23(17)22-18(27-19)16-10-24-13-7-3-4-8-14(13)26-16/h1-9,16H,10H2/t16-/m1/s1. The summed E-state index contributed by atoms with van der Waals surface area (Å²) < 4.78 is 19.4. The molecule has 8 heteroatoms. The van der Waals surface area contributed by atoms with Crippen molar-refractivity contribution in [3.05, 3.63) is 59.6 Å². The van der Waals surface area contributed by atoms with E-state index in [1.54, 1.807) is 4.52 Å². The van der Waals surface area contributed by atoms with E-state index in [-0.39, 0.29) is 6.10 Å². The van der Waals surface area contributed by atoms with Crippen LogP contribution in [0.25, 0.3) is 27.5 Å². The molecule has 0 aliphatic carbocycles. The summed E-state index contributed by atoms with van der Waals surface area (Å²) >= 11 is 1.43. The maximum Gasteiger partial charge on any atom is 0.235 e. The van der Waals surface area contributed by atoms with Gasteiger partial charge in [0.05, 0.1) is 0 Å². The van der Waals surface area contributed by atoms with E-state index in [0.717, 1.165) is 27.5 Å². The van der Waals surface area contributed by atoms with Crippen LogP contribution in [0.2, 0.25) is 0 Å². The van der Waals surface area contributed by atoms with Gasteiger partial charge in [0.15, 0.2) is 28.4 Å². The van der Waals surface area contributed by atoms with E-state index in [9.17, 15) is 0 Å². The predicted molar refractivity (Wildman–Crippen MR) is 99.2 cm³/mol. The molecular weight excluding hydrogens is 364 g/mol. The highest BCUT2D eigenvalue weighted by Gasteiger charge is 2.27. The first-order valence-electron chi connectivity index (χ1n) is 8.45. The van der Waals surface area contributed by atoms with E-state index in [1.165, 1.54) is 11.3 Å². The van der Waals surface area contributed by atoms with Crippen molar-refractivity contribution in [2.24, 2.45) is 0 Å². The third kappa shape index (κ3) is 2.30. The largest absolute Gasteiger partial charge is 0.485 e. The first kappa shape index (κ1) is 14.7. The van der Waals surface area contributed by atoms with Gasteiger partial charge >= 0.3 is 0 Å². The Morgan fingerprint density at radius 1 is 1.00 bits per heavy atom. The summed E-state index contributed by atoms with van der Waals surface area (Å²) in [6, 6.07) is 17.4. The lowest BCUT2D eigenvalue weighted by molar-refractivity contribution is 0.0904. The van der Waals surface area contributed by atoms with Gasteiger partial charge in [-0.25, -0.2) is 0 Å². The molecule has 4 heterocycles. The molecule has 0 radical (unpaired) electrons. The summed E-state index contributed by atoms with van der Waals surface area (Å²) in [5.41, 5.74) is 0.806. The minimum absolute atomic E-state index is 0.282. The van der Waals surface area contributed by atoms with Gasteiger partial charge in [-0.1, -0.05) is 41.7 Å². The Morgan fingerprint density at radius 2 is 1.85 bits per heavy atom. The second-order valence-electron chi connectivity index (χ2n) is 6.17. The molecule has 2 aromatic carbocycles. The number of fused-ring (bicyclic) bond motifs is 3. The molecule has 5 aromatic rings. The molecule has 0 saturated carbocycles. The van der Waals surface area contributed by atoms with Crippen LogP contribution >= 0.6 is 11.3 Å². The van der Waals surface area contributed by atoms with Gasteiger partial charge in [0, 0.05) is 5.39 Å². The zero-order valence-corrected chi connectivity index (χ0v) is 14.7. The van der Waals surface area contributed by atoms with Crippen molar-refractivity contribution in [3.8, 4) is 23.1 Å². The number of hydrogen-bond acceptors (Lipinski definition) is 7. The summed E-state index contributed by atoms with van der Waals surface area (Å²) in [5.74, 6) is 2.67. The van der Waals surface area contributed by atoms with E-state index in [4.69, 9.17) is 13.9 Å². The van der Waals surface area contributed by atoms with E-state index in [2.05, 4.69) is 15.3 Å². The number of para-hydroxylation sites is 3. The Morgan fingerprint density at radius 3 is 2.78 bits per heavy atom. The fourth-order valence-corrected chi connectivity index (χ4v) is 4.00. The van der Waals surface area contributed by atoms with Gasteiger partial charge in [-0.05, 0) is 24.3 Å². The van der Waals surface area contributed by atoms with Crippen molar-refractivity contribution in [2.45, 2.75) is 6.10 Å². The first-order valence-corrected chi connectivity index (χ1v) is 9.26. The van der Waals surface area contributed by atoms with E-state index in [1.807, 2.05) is 54.6 Å². The SMILES string of the molecule is c1ccc2c(c1)OC[C@H](c1nn3c(-c4cc5ccccc5o4)nnc3s1)O2. The van der Waals surface area contributed by atoms with Gasteiger partial charge in [0.2, 0.25) is 10.8 Å². The van der Waals surface area contributed by atoms with Crippen molar-refractivity contribution in [1.82, 2.24) is 19.8 Å². The number of furan rings is 1. The summed E-state index contributed by atoms with van der Waals surface area (Å²) in [5, 5.41) is 14.9. The molecule has 0 saturated heterocycles. The lowest BCUT2D eigenvalue weighted by atomic mass is 10.2. The van der Waals surface area contributed by atoms with Gasteiger partial charge in [0.25, 0.3) is 0 Å². The Bertz CT molecular complexity index is 1260. The minimum atomic E-state index is -0.282. The number of rotatable bonds is 2. The molecule has 1 aliphatic rings. The highest BCUT2D eigenvalue weighted by molar-refractivity contribution is 7.16. The van der Waals surface area contributed by atoms with Crippen LogP contribution in [0.5, 0.6) is 11.5 Å². The molecule has 0 unspecified atom stereocenters. The van der Waals surface area contributed by atoms with E-state index >= 15 is 0 Å². The van der Waals surface area contributed by atoms with E-state index in [0.29, 0.717) is 23.2 Å². The van der Waals surface area contributed by atoms with Gasteiger partial charge < -0.3 is 13.9 Å². The number of ether oxygens (including phenoxy) is 2. The van der Waals surface area contributed by atoms with Crippen LogP contribution in [0.4, 0.5) is 0 Å². The second kappa shape index (κ2) is 5.55. The monoisotopic (exact) mass is 376 g/mol. The van der Waals surface area contributed by atoms with Gasteiger partial charge in [-0.15, -0.1) is 10.2 Å². The lowest BCUT2D eigenvalue weighted by Crippen LogP contribution is -2.21. The predicted octanol–water partition coefficient (Wildman–Crippen LogP) is 4.11. The molecule has 3 aromatic heterocycles. The van der Waals surface area contributed by atoms with Crippen LogP contribution in [0.3, 0.4) is 0 Å². The fraction of sp³-hybridized carbons (Fsp3) is 0.105. The number of aromatic nitrogens is 4. The van der Waals surface area contributed by atoms with Gasteiger partial charge in [-0.2, -0.15) is 9.61 Å². The molecular formula is C19H12N4O3S. The van der Waals surface area contributed by atoms with Crippen LogP contribution in [-0.4, -0.2) is 26.4 Å². The zero-order chi connectivity index (χ0) is 17.8. The topological polar surface area (TPSA) is 74.7 Å². The van der Waals surface area contributed by atoms with Crippen LogP contribution in [0.15, 0.2) is 59.0 Å². The third-order valence-corrected chi connectivity index (χ3v) is 5.43. The smallest absolute Gasteiger partial charge is 0.235 e. The molecule has 1 aliphatic heterocycles. The highest BCUT2D eigenvalue weighted by atomic mass is 32.1. The Balaban J connectivity index is 1.39. The lowest BCUT2D eigenvalue weighted by Gasteiger charge is -2.24. The average molecular weight is 376 g/mol. The van der Waals surface area contributed by atoms with Crippen molar-refractivity contribution in [1.29, 1.82) is 0 Å². The second-order valence-corrected chi connectivity index (χ2v) is 7.16. The number of benzene rings is 2. The molecule has 0 N–H and O–H groups in total. The Kier molecular flexibility index (Phi) is 3.03. The minimum Gasteiger partial charge on any atom is -0.485 e. The summed E-state index contributed by atoms with van der Waals surface area (Å²) in [6.45, 7) is 0.404. The Labute approximate surface area is 156 Å². The van der Waals surface area contributed by atoms with Crippen molar-refractivity contribution in [3.63, 3.8) is 0 Å². The summed E-state index contributed by atoms with van der Waals surface area (Å²) in [4.78, 5) is 0.683. The summed E-state index contributed by atoms with van der Waals surface area (Å²) in [7, 11) is 0. The molecule has 0 fully saturated rings.